The Morgan fingerprint density at radius 1 is 0.951 bits per heavy atom. The van der Waals surface area contributed by atoms with Crippen LogP contribution in [0.2, 0.25) is 0 Å². The zero-order valence-corrected chi connectivity index (χ0v) is 26.4. The molecule has 0 N–H and O–H groups in total. The second kappa shape index (κ2) is 10.4. The molecule has 41 heavy (non-hydrogen) atoms. The van der Waals surface area contributed by atoms with E-state index in [2.05, 4.69) is 52.8 Å². The normalized spacial score (nSPS) is 39.4. The minimum absolute atomic E-state index is 0.00572. The largest absolute Gasteiger partial charge is 0.466 e. The highest BCUT2D eigenvalue weighted by Gasteiger charge is 2.73. The first-order valence-corrected chi connectivity index (χ1v) is 15.8. The molecule has 0 heterocycles. The molecule has 2 bridgehead atoms. The van der Waals surface area contributed by atoms with Crippen LogP contribution in [0.25, 0.3) is 0 Å². The lowest BCUT2D eigenvalue weighted by molar-refractivity contribution is -0.155. The number of carbonyl (C=O) groups excluding carboxylic acids is 3. The highest BCUT2D eigenvalue weighted by molar-refractivity contribution is 6.05. The predicted octanol–water partition coefficient (Wildman–Crippen LogP) is 7.13. The Hall–Kier alpha value is -2.37. The van der Waals surface area contributed by atoms with Crippen LogP contribution in [0.1, 0.15) is 99.3 Å². The van der Waals surface area contributed by atoms with Crippen molar-refractivity contribution in [3.05, 3.63) is 34.9 Å². The van der Waals surface area contributed by atoms with Gasteiger partial charge in [0, 0.05) is 23.2 Å². The maximum Gasteiger partial charge on any atom is 0.335 e. The number of ether oxygens (including phenoxy) is 3. The van der Waals surface area contributed by atoms with Crippen LogP contribution >= 0.6 is 0 Å². The summed E-state index contributed by atoms with van der Waals surface area (Å²) < 4.78 is 16.7. The van der Waals surface area contributed by atoms with Gasteiger partial charge in [-0.3, -0.25) is 4.79 Å². The third-order valence-electron chi connectivity index (χ3n) is 12.2. The van der Waals surface area contributed by atoms with Gasteiger partial charge >= 0.3 is 17.9 Å². The van der Waals surface area contributed by atoms with Crippen LogP contribution < -0.4 is 0 Å². The van der Waals surface area contributed by atoms with E-state index in [-0.39, 0.29) is 23.4 Å². The third kappa shape index (κ3) is 4.12. The van der Waals surface area contributed by atoms with Gasteiger partial charge < -0.3 is 14.2 Å². The Labute approximate surface area is 246 Å². The fourth-order valence-electron chi connectivity index (χ4n) is 10.5. The number of carbonyl (C=O) groups is 3. The van der Waals surface area contributed by atoms with Crippen LogP contribution in [0.3, 0.4) is 0 Å². The number of fused-ring (bicyclic) bond motifs is 1. The van der Waals surface area contributed by atoms with E-state index in [0.717, 1.165) is 32.1 Å². The number of hydrogen-bond acceptors (Lipinski definition) is 6. The van der Waals surface area contributed by atoms with Crippen molar-refractivity contribution in [1.82, 2.24) is 0 Å². The third-order valence-corrected chi connectivity index (χ3v) is 12.2. The molecule has 0 amide bonds. The molecule has 226 valence electrons. The Morgan fingerprint density at radius 3 is 2.27 bits per heavy atom. The minimum atomic E-state index is -0.814. The summed E-state index contributed by atoms with van der Waals surface area (Å²) in [4.78, 5) is 39.8. The van der Waals surface area contributed by atoms with Crippen molar-refractivity contribution in [3.8, 4) is 0 Å². The zero-order chi connectivity index (χ0) is 30.0. The first-order chi connectivity index (χ1) is 19.3. The molecule has 2 fully saturated rings. The second-order valence-electron chi connectivity index (χ2n) is 14.6. The minimum Gasteiger partial charge on any atom is -0.466 e. The summed E-state index contributed by atoms with van der Waals surface area (Å²) in [5.41, 5.74) is 0.217. The van der Waals surface area contributed by atoms with E-state index >= 15 is 0 Å². The van der Waals surface area contributed by atoms with Crippen LogP contribution in [0.15, 0.2) is 34.9 Å². The summed E-state index contributed by atoms with van der Waals surface area (Å²) in [6.45, 7) is 13.1. The summed E-state index contributed by atoms with van der Waals surface area (Å²) in [6.07, 6.45) is 15.3. The molecule has 0 aromatic heterocycles. The fourth-order valence-corrected chi connectivity index (χ4v) is 10.5. The molecular formula is C35H50O6. The van der Waals surface area contributed by atoms with Crippen molar-refractivity contribution in [3.63, 3.8) is 0 Å². The molecule has 2 saturated carbocycles. The predicted molar refractivity (Wildman–Crippen MR) is 157 cm³/mol. The van der Waals surface area contributed by atoms with Crippen LogP contribution in [0.5, 0.6) is 0 Å². The molecule has 2 spiro atoms. The van der Waals surface area contributed by atoms with Gasteiger partial charge in [0.2, 0.25) is 0 Å². The van der Waals surface area contributed by atoms with Crippen molar-refractivity contribution in [1.29, 1.82) is 0 Å². The van der Waals surface area contributed by atoms with Gasteiger partial charge in [-0.2, -0.15) is 0 Å². The van der Waals surface area contributed by atoms with Crippen molar-refractivity contribution < 1.29 is 28.6 Å². The maximum absolute atomic E-state index is 14.0. The van der Waals surface area contributed by atoms with Crippen molar-refractivity contribution in [2.75, 3.05) is 14.2 Å². The Morgan fingerprint density at radius 2 is 1.63 bits per heavy atom. The fraction of sp³-hybridized carbons (Fsp3) is 0.743. The standard InChI is InChI=1S/C35H50O6/c1-21(2)10-9-11-22(3)25-12-13-26-32(25,5)16-15-27-33(6)17-14-24(41-23(4)36)20-34(33)18-19-35(26,27)29(31(38)40-8)28(34)30(37)39-7/h15,18-19,21-22,24-26H,9-14,16-17,20H2,1-8H3/t22-,24+,25-,26-,32-,33-,34+,35+/m1/s1. The van der Waals surface area contributed by atoms with Crippen molar-refractivity contribution in [2.45, 2.75) is 105 Å². The molecule has 0 saturated heterocycles. The first-order valence-electron chi connectivity index (χ1n) is 15.8. The summed E-state index contributed by atoms with van der Waals surface area (Å²) in [7, 11) is 2.80. The topological polar surface area (TPSA) is 78.9 Å². The highest BCUT2D eigenvalue weighted by atomic mass is 16.5. The Balaban J connectivity index is 1.68. The Kier molecular flexibility index (Phi) is 7.65. The molecule has 6 aliphatic carbocycles. The van der Waals surface area contributed by atoms with E-state index in [4.69, 9.17) is 14.2 Å². The maximum atomic E-state index is 14.0. The zero-order valence-electron chi connectivity index (χ0n) is 26.4. The van der Waals surface area contributed by atoms with Crippen molar-refractivity contribution in [2.24, 2.45) is 45.3 Å². The van der Waals surface area contributed by atoms with Gasteiger partial charge in [0.15, 0.2) is 0 Å². The molecule has 6 heteroatoms. The molecule has 0 unspecified atom stereocenters. The number of rotatable bonds is 8. The average Bonchev–Trinajstić information content (AvgIpc) is 3.28. The van der Waals surface area contributed by atoms with E-state index < -0.39 is 28.2 Å². The van der Waals surface area contributed by atoms with E-state index in [1.807, 2.05) is 0 Å². The van der Waals surface area contributed by atoms with Gasteiger partial charge in [-0.25, -0.2) is 9.59 Å². The van der Waals surface area contributed by atoms with Crippen molar-refractivity contribution >= 4 is 17.9 Å². The first kappa shape index (κ1) is 30.1. The molecule has 8 atom stereocenters. The van der Waals surface area contributed by atoms with E-state index in [1.54, 1.807) is 0 Å². The molecule has 6 nitrogen and oxygen atoms in total. The number of hydrogen-bond donors (Lipinski definition) is 0. The molecule has 0 aromatic rings. The molecular weight excluding hydrogens is 516 g/mol. The SMILES string of the molecule is COC(=O)C1=C(C(=O)OC)[C@@]23C=C[C@]14C(=CC[C@]1(C)[C@@H]([C@H](C)CCCC(C)C)CC[C@@H]41)[C@@]2(C)CC[C@H](OC(C)=O)C3. The smallest absolute Gasteiger partial charge is 0.335 e. The summed E-state index contributed by atoms with van der Waals surface area (Å²) in [5, 5.41) is 0. The quantitative estimate of drug-likeness (QED) is 0.177. The number of methoxy groups -OCH3 is 2. The van der Waals surface area contributed by atoms with Crippen LogP contribution in [-0.2, 0) is 28.6 Å². The lowest BCUT2D eigenvalue weighted by Crippen LogP contribution is -2.64. The van der Waals surface area contributed by atoms with Gasteiger partial charge in [-0.05, 0) is 67.6 Å². The Bertz CT molecular complexity index is 1210. The molecule has 0 aliphatic heterocycles. The molecule has 0 aromatic carbocycles. The van der Waals surface area contributed by atoms with Gasteiger partial charge in [-0.1, -0.05) is 77.7 Å². The number of allylic oxidation sites excluding steroid dienone is 4. The monoisotopic (exact) mass is 566 g/mol. The van der Waals surface area contributed by atoms with Gasteiger partial charge in [0.05, 0.1) is 25.4 Å². The highest BCUT2D eigenvalue weighted by Crippen LogP contribution is 2.78. The summed E-state index contributed by atoms with van der Waals surface area (Å²) >= 11 is 0. The molecule has 0 radical (unpaired) electrons. The van der Waals surface area contributed by atoms with E-state index in [1.165, 1.54) is 46.0 Å². The molecule has 6 rings (SSSR count). The van der Waals surface area contributed by atoms with Crippen LogP contribution in [-0.4, -0.2) is 38.2 Å². The lowest BCUT2D eigenvalue weighted by atomic mass is 9.34. The van der Waals surface area contributed by atoms with Gasteiger partial charge in [0.1, 0.15) is 6.10 Å². The van der Waals surface area contributed by atoms with Gasteiger partial charge in [-0.15, -0.1) is 0 Å². The van der Waals surface area contributed by atoms with Gasteiger partial charge in [0.25, 0.3) is 0 Å². The summed E-state index contributed by atoms with van der Waals surface area (Å²) in [5.74, 6) is 0.765. The van der Waals surface area contributed by atoms with E-state index in [0.29, 0.717) is 35.3 Å². The average molecular weight is 567 g/mol. The van der Waals surface area contributed by atoms with E-state index in [9.17, 15) is 14.4 Å². The summed E-state index contributed by atoms with van der Waals surface area (Å²) in [6, 6.07) is 0. The number of esters is 3. The molecule has 6 aliphatic rings. The van der Waals surface area contributed by atoms with Crippen LogP contribution in [0, 0.1) is 45.3 Å². The lowest BCUT2D eigenvalue weighted by Gasteiger charge is -2.68. The van der Waals surface area contributed by atoms with Crippen LogP contribution in [0.4, 0.5) is 0 Å². The second-order valence-corrected chi connectivity index (χ2v) is 14.6.